The predicted molar refractivity (Wildman–Crippen MR) is 78.4 cm³/mol. The van der Waals surface area contributed by atoms with Crippen molar-refractivity contribution < 1.29 is 9.90 Å². The molecule has 0 aromatic carbocycles. The number of hydrogen-bond donors (Lipinski definition) is 2. The summed E-state index contributed by atoms with van der Waals surface area (Å²) in [5, 5.41) is 8.88. The molecule has 116 valence electrons. The second-order valence-corrected chi connectivity index (χ2v) is 4.77. The summed E-state index contributed by atoms with van der Waals surface area (Å²) in [5.41, 5.74) is 5.56. The van der Waals surface area contributed by atoms with Gasteiger partial charge in [-0.3, -0.25) is 9.69 Å². The van der Waals surface area contributed by atoms with E-state index in [-0.39, 0.29) is 0 Å². The van der Waals surface area contributed by atoms with Gasteiger partial charge < -0.3 is 10.8 Å². The van der Waals surface area contributed by atoms with Crippen LogP contribution in [0.1, 0.15) is 18.1 Å². The smallest absolute Gasteiger partial charge is 0.320 e. The van der Waals surface area contributed by atoms with Crippen LogP contribution >= 0.6 is 0 Å². The standard InChI is InChI=1S/C14H18N6O2/c15-11(14(21)22)3-8-20(9-12-16-4-1-5-17-12)10-13-18-6-2-7-19-13/h1-2,4-7,11H,3,8-10,15H2,(H,21,22). The molecule has 0 spiro atoms. The number of nitrogens with zero attached hydrogens (tertiary/aromatic N) is 5. The summed E-state index contributed by atoms with van der Waals surface area (Å²) in [6, 6.07) is 2.60. The van der Waals surface area contributed by atoms with Crippen LogP contribution in [0.5, 0.6) is 0 Å². The number of aliphatic carboxylic acids is 1. The molecule has 1 unspecified atom stereocenters. The molecule has 0 amide bonds. The molecule has 2 aromatic rings. The van der Waals surface area contributed by atoms with Gasteiger partial charge in [0.2, 0.25) is 0 Å². The van der Waals surface area contributed by atoms with E-state index >= 15 is 0 Å². The Hall–Kier alpha value is -2.45. The van der Waals surface area contributed by atoms with Gasteiger partial charge in [-0.15, -0.1) is 0 Å². The molecule has 22 heavy (non-hydrogen) atoms. The zero-order valence-electron chi connectivity index (χ0n) is 12.0. The molecule has 2 aromatic heterocycles. The minimum absolute atomic E-state index is 0.328. The van der Waals surface area contributed by atoms with Crippen molar-refractivity contribution in [2.75, 3.05) is 6.54 Å². The van der Waals surface area contributed by atoms with Gasteiger partial charge in [0.15, 0.2) is 0 Å². The first-order valence-corrected chi connectivity index (χ1v) is 6.87. The molecule has 2 heterocycles. The van der Waals surface area contributed by atoms with Gasteiger partial charge in [-0.1, -0.05) is 0 Å². The second-order valence-electron chi connectivity index (χ2n) is 4.77. The third-order valence-corrected chi connectivity index (χ3v) is 3.04. The summed E-state index contributed by atoms with van der Waals surface area (Å²) < 4.78 is 0. The van der Waals surface area contributed by atoms with Gasteiger partial charge in [0.1, 0.15) is 17.7 Å². The number of carboxylic acid groups (broad SMARTS) is 1. The zero-order valence-corrected chi connectivity index (χ0v) is 12.0. The van der Waals surface area contributed by atoms with E-state index in [2.05, 4.69) is 19.9 Å². The fraction of sp³-hybridized carbons (Fsp3) is 0.357. The van der Waals surface area contributed by atoms with Crippen molar-refractivity contribution in [1.82, 2.24) is 24.8 Å². The van der Waals surface area contributed by atoms with E-state index < -0.39 is 12.0 Å². The summed E-state index contributed by atoms with van der Waals surface area (Å²) in [4.78, 5) is 29.5. The molecule has 0 saturated carbocycles. The second kappa shape index (κ2) is 8.11. The number of carbonyl (C=O) groups is 1. The van der Waals surface area contributed by atoms with E-state index in [0.29, 0.717) is 37.7 Å². The number of nitrogens with two attached hydrogens (primary N) is 1. The zero-order chi connectivity index (χ0) is 15.8. The van der Waals surface area contributed by atoms with E-state index in [0.717, 1.165) is 0 Å². The average molecular weight is 302 g/mol. The summed E-state index contributed by atoms with van der Waals surface area (Å²) in [7, 11) is 0. The normalized spacial score (nSPS) is 12.3. The van der Waals surface area contributed by atoms with Gasteiger partial charge in [0.05, 0.1) is 13.1 Å². The van der Waals surface area contributed by atoms with Crippen LogP contribution in [0.25, 0.3) is 0 Å². The van der Waals surface area contributed by atoms with Gasteiger partial charge in [-0.25, -0.2) is 19.9 Å². The van der Waals surface area contributed by atoms with Crippen molar-refractivity contribution in [2.45, 2.75) is 25.6 Å². The Morgan fingerprint density at radius 2 is 1.50 bits per heavy atom. The highest BCUT2D eigenvalue weighted by Crippen LogP contribution is 2.05. The highest BCUT2D eigenvalue weighted by Gasteiger charge is 2.16. The van der Waals surface area contributed by atoms with Gasteiger partial charge >= 0.3 is 5.97 Å². The molecule has 0 aliphatic carbocycles. The molecular weight excluding hydrogens is 284 g/mol. The molecular formula is C14H18N6O2. The maximum atomic E-state index is 10.8. The lowest BCUT2D eigenvalue weighted by Crippen LogP contribution is -2.35. The topological polar surface area (TPSA) is 118 Å². The fourth-order valence-corrected chi connectivity index (χ4v) is 1.88. The van der Waals surface area contributed by atoms with Crippen LogP contribution in [0.15, 0.2) is 36.9 Å². The van der Waals surface area contributed by atoms with Gasteiger partial charge in [0.25, 0.3) is 0 Å². The Labute approximate surface area is 128 Å². The Morgan fingerprint density at radius 3 is 1.91 bits per heavy atom. The summed E-state index contributed by atoms with van der Waals surface area (Å²) in [6.07, 6.45) is 7.01. The van der Waals surface area contributed by atoms with Crippen molar-refractivity contribution in [3.05, 3.63) is 48.6 Å². The van der Waals surface area contributed by atoms with Crippen LogP contribution in [0.3, 0.4) is 0 Å². The molecule has 8 heteroatoms. The molecule has 3 N–H and O–H groups in total. The summed E-state index contributed by atoms with van der Waals surface area (Å²) in [5.74, 6) is 0.302. The van der Waals surface area contributed by atoms with Crippen LogP contribution in [-0.4, -0.2) is 48.5 Å². The number of aromatic nitrogens is 4. The Balaban J connectivity index is 2.01. The van der Waals surface area contributed by atoms with Crippen LogP contribution in [0.2, 0.25) is 0 Å². The van der Waals surface area contributed by atoms with Crippen molar-refractivity contribution in [3.8, 4) is 0 Å². The molecule has 8 nitrogen and oxygen atoms in total. The summed E-state index contributed by atoms with van der Waals surface area (Å²) >= 11 is 0. The highest BCUT2D eigenvalue weighted by atomic mass is 16.4. The summed E-state index contributed by atoms with van der Waals surface area (Å²) in [6.45, 7) is 1.45. The van der Waals surface area contributed by atoms with E-state index in [1.807, 2.05) is 4.90 Å². The highest BCUT2D eigenvalue weighted by molar-refractivity contribution is 5.72. The van der Waals surface area contributed by atoms with E-state index in [4.69, 9.17) is 10.8 Å². The molecule has 1 atom stereocenters. The molecule has 0 aliphatic heterocycles. The number of carboxylic acids is 1. The molecule has 0 aliphatic rings. The van der Waals surface area contributed by atoms with Crippen LogP contribution in [-0.2, 0) is 17.9 Å². The molecule has 0 bridgehead atoms. The van der Waals surface area contributed by atoms with Gasteiger partial charge in [-0.05, 0) is 18.6 Å². The Kier molecular flexibility index (Phi) is 5.87. The maximum absolute atomic E-state index is 10.8. The van der Waals surface area contributed by atoms with Crippen LogP contribution in [0, 0.1) is 0 Å². The Morgan fingerprint density at radius 1 is 1.05 bits per heavy atom. The first-order valence-electron chi connectivity index (χ1n) is 6.87. The third kappa shape index (κ3) is 5.15. The number of rotatable bonds is 8. The molecule has 2 rings (SSSR count). The minimum Gasteiger partial charge on any atom is -0.480 e. The molecule has 0 saturated heterocycles. The minimum atomic E-state index is -1.01. The monoisotopic (exact) mass is 302 g/mol. The van der Waals surface area contributed by atoms with E-state index in [1.165, 1.54) is 0 Å². The maximum Gasteiger partial charge on any atom is 0.320 e. The average Bonchev–Trinajstić information content (AvgIpc) is 2.54. The van der Waals surface area contributed by atoms with Crippen molar-refractivity contribution in [3.63, 3.8) is 0 Å². The molecule has 0 fully saturated rings. The SMILES string of the molecule is NC(CCN(Cc1ncccn1)Cc1ncccn1)C(=O)O. The molecule has 0 radical (unpaired) electrons. The van der Waals surface area contributed by atoms with Crippen LogP contribution < -0.4 is 5.73 Å². The predicted octanol–water partition coefficient (Wildman–Crippen LogP) is 0.0708. The first-order chi connectivity index (χ1) is 10.6. The Bertz CT molecular complexity index is 539. The van der Waals surface area contributed by atoms with E-state index in [9.17, 15) is 4.79 Å². The lowest BCUT2D eigenvalue weighted by Gasteiger charge is -2.21. The first kappa shape index (κ1) is 15.9. The lowest BCUT2D eigenvalue weighted by molar-refractivity contribution is -0.138. The van der Waals surface area contributed by atoms with Crippen molar-refractivity contribution in [2.24, 2.45) is 5.73 Å². The van der Waals surface area contributed by atoms with E-state index in [1.54, 1.807) is 36.9 Å². The fourth-order valence-electron chi connectivity index (χ4n) is 1.88. The van der Waals surface area contributed by atoms with Crippen molar-refractivity contribution in [1.29, 1.82) is 0 Å². The largest absolute Gasteiger partial charge is 0.480 e. The quantitative estimate of drug-likeness (QED) is 0.703. The number of hydrogen-bond acceptors (Lipinski definition) is 7. The van der Waals surface area contributed by atoms with Gasteiger partial charge in [-0.2, -0.15) is 0 Å². The lowest BCUT2D eigenvalue weighted by atomic mass is 10.2. The van der Waals surface area contributed by atoms with Crippen molar-refractivity contribution >= 4 is 5.97 Å². The van der Waals surface area contributed by atoms with Crippen LogP contribution in [0.4, 0.5) is 0 Å². The third-order valence-electron chi connectivity index (χ3n) is 3.04. The van der Waals surface area contributed by atoms with Gasteiger partial charge in [0, 0.05) is 31.3 Å².